The molecule has 0 radical (unpaired) electrons. The number of amides is 3. The monoisotopic (exact) mass is 376 g/mol. The van der Waals surface area contributed by atoms with Gasteiger partial charge in [0.2, 0.25) is 0 Å². The predicted molar refractivity (Wildman–Crippen MR) is 105 cm³/mol. The highest BCUT2D eigenvalue weighted by molar-refractivity contribution is 6.13. The summed E-state index contributed by atoms with van der Waals surface area (Å²) >= 11 is 0. The molecule has 1 atom stereocenters. The summed E-state index contributed by atoms with van der Waals surface area (Å²) in [5.74, 6) is -0.309. The number of rotatable bonds is 3. The summed E-state index contributed by atoms with van der Waals surface area (Å²) in [6.07, 6.45) is 1.71. The lowest BCUT2D eigenvalue weighted by Gasteiger charge is -2.19. The fraction of sp³-hybridized carbons (Fsp3) is 0.238. The average molecular weight is 376 g/mol. The van der Waals surface area contributed by atoms with E-state index in [-0.39, 0.29) is 18.0 Å². The SMILES string of the molecule is Cc1ccc(N2C(=O)N(Cc3cc(=O)n4cc(C)ccc4n3)C(=O)[C@@H]2C)cc1. The molecule has 0 aliphatic carbocycles. The number of aromatic nitrogens is 2. The highest BCUT2D eigenvalue weighted by Crippen LogP contribution is 2.27. The lowest BCUT2D eigenvalue weighted by molar-refractivity contribution is -0.127. The van der Waals surface area contributed by atoms with Crippen molar-refractivity contribution in [2.75, 3.05) is 4.90 Å². The molecule has 7 heteroatoms. The van der Waals surface area contributed by atoms with Crippen molar-refractivity contribution in [2.45, 2.75) is 33.4 Å². The third-order valence-electron chi connectivity index (χ3n) is 4.94. The lowest BCUT2D eigenvalue weighted by atomic mass is 10.2. The van der Waals surface area contributed by atoms with Gasteiger partial charge in [-0.3, -0.25) is 23.8 Å². The Morgan fingerprint density at radius 2 is 1.64 bits per heavy atom. The maximum absolute atomic E-state index is 12.9. The molecule has 0 N–H and O–H groups in total. The van der Waals surface area contributed by atoms with Crippen molar-refractivity contribution in [2.24, 2.45) is 0 Å². The summed E-state index contributed by atoms with van der Waals surface area (Å²) < 4.78 is 1.45. The number of pyridine rings is 1. The second-order valence-corrected chi connectivity index (χ2v) is 7.11. The van der Waals surface area contributed by atoms with E-state index in [1.54, 1.807) is 19.2 Å². The number of fused-ring (bicyclic) bond motifs is 1. The number of hydrogen-bond acceptors (Lipinski definition) is 4. The van der Waals surface area contributed by atoms with Crippen LogP contribution >= 0.6 is 0 Å². The Labute approximate surface area is 161 Å². The minimum absolute atomic E-state index is 0.0377. The number of hydrogen-bond donors (Lipinski definition) is 0. The van der Waals surface area contributed by atoms with Crippen LogP contribution in [0, 0.1) is 13.8 Å². The van der Waals surface area contributed by atoms with Crippen LogP contribution in [-0.2, 0) is 11.3 Å². The molecule has 1 aliphatic rings. The van der Waals surface area contributed by atoms with Crippen molar-refractivity contribution < 1.29 is 9.59 Å². The van der Waals surface area contributed by atoms with Crippen molar-refractivity contribution >= 4 is 23.3 Å². The molecule has 2 aromatic heterocycles. The highest BCUT2D eigenvalue weighted by Gasteiger charge is 2.43. The van der Waals surface area contributed by atoms with E-state index in [0.717, 1.165) is 16.0 Å². The molecular formula is C21H20N4O3. The number of anilines is 1. The van der Waals surface area contributed by atoms with Gasteiger partial charge in [-0.2, -0.15) is 0 Å². The first-order chi connectivity index (χ1) is 13.3. The van der Waals surface area contributed by atoms with E-state index in [2.05, 4.69) is 4.98 Å². The summed E-state index contributed by atoms with van der Waals surface area (Å²) in [4.78, 5) is 45.1. The van der Waals surface area contributed by atoms with E-state index in [1.807, 2.05) is 44.2 Å². The van der Waals surface area contributed by atoms with Crippen molar-refractivity contribution in [1.29, 1.82) is 0 Å². The summed E-state index contributed by atoms with van der Waals surface area (Å²) in [5.41, 5.74) is 3.30. The molecule has 3 heterocycles. The Morgan fingerprint density at radius 3 is 2.36 bits per heavy atom. The first-order valence-electron chi connectivity index (χ1n) is 9.05. The zero-order valence-corrected chi connectivity index (χ0v) is 15.9. The number of carbonyl (C=O) groups is 2. The van der Waals surface area contributed by atoms with Crippen molar-refractivity contribution in [3.05, 3.63) is 75.8 Å². The zero-order chi connectivity index (χ0) is 20.0. The summed E-state index contributed by atoms with van der Waals surface area (Å²) in [6, 6.07) is 11.4. The molecule has 1 saturated heterocycles. The molecule has 1 fully saturated rings. The van der Waals surface area contributed by atoms with Gasteiger partial charge in [0.15, 0.2) is 0 Å². The van der Waals surface area contributed by atoms with E-state index in [9.17, 15) is 14.4 Å². The van der Waals surface area contributed by atoms with Crippen molar-refractivity contribution in [3.8, 4) is 0 Å². The van der Waals surface area contributed by atoms with Crippen molar-refractivity contribution in [1.82, 2.24) is 14.3 Å². The average Bonchev–Trinajstić information content (AvgIpc) is 2.87. The maximum Gasteiger partial charge on any atom is 0.332 e. The van der Waals surface area contributed by atoms with E-state index in [1.165, 1.54) is 15.4 Å². The molecule has 0 unspecified atom stereocenters. The highest BCUT2D eigenvalue weighted by atomic mass is 16.2. The normalized spacial score (nSPS) is 17.0. The molecule has 142 valence electrons. The maximum atomic E-state index is 12.9. The van der Waals surface area contributed by atoms with Gasteiger partial charge in [-0.05, 0) is 44.5 Å². The Kier molecular flexibility index (Phi) is 4.22. The molecule has 0 bridgehead atoms. The number of imide groups is 1. The third-order valence-corrected chi connectivity index (χ3v) is 4.94. The van der Waals surface area contributed by atoms with E-state index < -0.39 is 12.1 Å². The standard InChI is InChI=1S/C21H20N4O3/c1-13-4-7-17(8-5-13)25-15(3)20(27)24(21(25)28)12-16-10-19(26)23-11-14(2)6-9-18(23)22-16/h4-11,15H,12H2,1-3H3/t15-/m0/s1. The fourth-order valence-electron chi connectivity index (χ4n) is 3.41. The summed E-state index contributed by atoms with van der Waals surface area (Å²) in [5, 5.41) is 0. The molecule has 0 saturated carbocycles. The van der Waals surface area contributed by atoms with Crippen LogP contribution in [0.4, 0.5) is 10.5 Å². The fourth-order valence-corrected chi connectivity index (χ4v) is 3.41. The second-order valence-electron chi connectivity index (χ2n) is 7.11. The number of aryl methyl sites for hydroxylation is 2. The van der Waals surface area contributed by atoms with Gasteiger partial charge in [-0.25, -0.2) is 9.78 Å². The molecule has 7 nitrogen and oxygen atoms in total. The van der Waals surface area contributed by atoms with Gasteiger partial charge in [0.25, 0.3) is 11.5 Å². The zero-order valence-electron chi connectivity index (χ0n) is 15.9. The van der Waals surface area contributed by atoms with Gasteiger partial charge in [-0.15, -0.1) is 0 Å². The van der Waals surface area contributed by atoms with Gasteiger partial charge in [0, 0.05) is 18.0 Å². The Morgan fingerprint density at radius 1 is 0.964 bits per heavy atom. The van der Waals surface area contributed by atoms with Crippen LogP contribution < -0.4 is 10.5 Å². The smallest absolute Gasteiger partial charge is 0.282 e. The first kappa shape index (κ1) is 17.9. The summed E-state index contributed by atoms with van der Waals surface area (Å²) in [6.45, 7) is 5.51. The Bertz CT molecular complexity index is 1150. The molecule has 1 aromatic carbocycles. The van der Waals surface area contributed by atoms with Crippen LogP contribution in [0.1, 0.15) is 23.7 Å². The van der Waals surface area contributed by atoms with Crippen LogP contribution in [0.5, 0.6) is 0 Å². The quantitative estimate of drug-likeness (QED) is 0.659. The van der Waals surface area contributed by atoms with Gasteiger partial charge in [0.1, 0.15) is 11.7 Å². The van der Waals surface area contributed by atoms with Gasteiger partial charge >= 0.3 is 6.03 Å². The molecule has 3 aromatic rings. The second kappa shape index (κ2) is 6.60. The number of benzene rings is 1. The Balaban J connectivity index is 1.66. The van der Waals surface area contributed by atoms with Crippen LogP contribution in [0.25, 0.3) is 5.65 Å². The first-order valence-corrected chi connectivity index (χ1v) is 9.05. The third kappa shape index (κ3) is 2.94. The predicted octanol–water partition coefficient (Wildman–Crippen LogP) is 2.67. The molecular weight excluding hydrogens is 356 g/mol. The minimum atomic E-state index is -0.612. The minimum Gasteiger partial charge on any atom is -0.282 e. The lowest BCUT2D eigenvalue weighted by Crippen LogP contribution is -2.34. The van der Waals surface area contributed by atoms with E-state index >= 15 is 0 Å². The number of carbonyl (C=O) groups excluding carboxylic acids is 2. The largest absolute Gasteiger partial charge is 0.332 e. The molecule has 3 amide bonds. The van der Waals surface area contributed by atoms with Gasteiger partial charge < -0.3 is 0 Å². The van der Waals surface area contributed by atoms with E-state index in [0.29, 0.717) is 17.0 Å². The molecule has 4 rings (SSSR count). The van der Waals surface area contributed by atoms with Crippen LogP contribution in [0.3, 0.4) is 0 Å². The number of urea groups is 1. The molecule has 0 spiro atoms. The van der Waals surface area contributed by atoms with Crippen molar-refractivity contribution in [3.63, 3.8) is 0 Å². The van der Waals surface area contributed by atoms with Crippen LogP contribution in [0.2, 0.25) is 0 Å². The summed E-state index contributed by atoms with van der Waals surface area (Å²) in [7, 11) is 0. The van der Waals surface area contributed by atoms with Gasteiger partial charge in [0.05, 0.1) is 12.2 Å². The number of nitrogens with zero attached hydrogens (tertiary/aromatic N) is 4. The van der Waals surface area contributed by atoms with Gasteiger partial charge in [-0.1, -0.05) is 23.8 Å². The molecule has 1 aliphatic heterocycles. The van der Waals surface area contributed by atoms with Crippen LogP contribution in [0.15, 0.2) is 53.5 Å². The van der Waals surface area contributed by atoms with Crippen LogP contribution in [-0.4, -0.2) is 32.3 Å². The topological polar surface area (TPSA) is 75.0 Å². The Hall–Kier alpha value is -3.48. The molecule has 28 heavy (non-hydrogen) atoms. The van der Waals surface area contributed by atoms with E-state index in [4.69, 9.17) is 0 Å².